The van der Waals surface area contributed by atoms with E-state index in [0.29, 0.717) is 12.2 Å². The smallest absolute Gasteiger partial charge is 0.306 e. The lowest BCUT2D eigenvalue weighted by atomic mass is 10.1. The molecule has 0 amide bonds. The third-order valence-electron chi connectivity index (χ3n) is 3.32. The first kappa shape index (κ1) is 17.3. The fourth-order valence-electron chi connectivity index (χ4n) is 2.08. The van der Waals surface area contributed by atoms with E-state index in [0.717, 1.165) is 22.9 Å². The third-order valence-corrected chi connectivity index (χ3v) is 3.85. The summed E-state index contributed by atoms with van der Waals surface area (Å²) in [7, 11) is 0. The third kappa shape index (κ3) is 6.32. The Balaban J connectivity index is 1.63. The maximum atomic E-state index is 11.9. The van der Waals surface area contributed by atoms with E-state index in [9.17, 15) is 9.59 Å². The number of carbonyl (C=O) groups is 2. The molecule has 2 aromatic rings. The van der Waals surface area contributed by atoms with Gasteiger partial charge in [-0.05, 0) is 36.6 Å². The van der Waals surface area contributed by atoms with Crippen LogP contribution in [0.4, 0.5) is 0 Å². The Morgan fingerprint density at radius 3 is 2.57 bits per heavy atom. The average Bonchev–Trinajstić information content (AvgIpc) is 2.58. The first-order valence-electron chi connectivity index (χ1n) is 7.48. The summed E-state index contributed by atoms with van der Waals surface area (Å²) >= 11 is 3.32. The van der Waals surface area contributed by atoms with Gasteiger partial charge in [-0.2, -0.15) is 0 Å². The standard InChI is InChI=1S/C18H18BrNO3/c19-16-7-5-15(6-8-16)17(21)9-10-18(22)23-12-2-4-14-3-1-11-20-13-14/h1,3,5-8,11,13H,2,4,9-10,12H2. The number of ketones is 1. The summed E-state index contributed by atoms with van der Waals surface area (Å²) < 4.78 is 6.07. The minimum Gasteiger partial charge on any atom is -0.466 e. The maximum absolute atomic E-state index is 11.9. The molecule has 0 radical (unpaired) electrons. The van der Waals surface area contributed by atoms with Crippen molar-refractivity contribution in [2.24, 2.45) is 0 Å². The number of hydrogen-bond donors (Lipinski definition) is 0. The molecule has 0 fully saturated rings. The maximum Gasteiger partial charge on any atom is 0.306 e. The van der Waals surface area contributed by atoms with Crippen molar-refractivity contribution in [2.75, 3.05) is 6.61 Å². The van der Waals surface area contributed by atoms with Gasteiger partial charge in [-0.25, -0.2) is 0 Å². The van der Waals surface area contributed by atoms with Crippen LogP contribution in [0.2, 0.25) is 0 Å². The summed E-state index contributed by atoms with van der Waals surface area (Å²) in [6.45, 7) is 0.361. The Hall–Kier alpha value is -2.01. The molecule has 0 N–H and O–H groups in total. The lowest BCUT2D eigenvalue weighted by Crippen LogP contribution is -2.09. The summed E-state index contributed by atoms with van der Waals surface area (Å²) in [6, 6.07) is 11.0. The van der Waals surface area contributed by atoms with E-state index in [1.54, 1.807) is 24.5 Å². The first-order chi connectivity index (χ1) is 11.1. The lowest BCUT2D eigenvalue weighted by molar-refractivity contribution is -0.143. The van der Waals surface area contributed by atoms with Crippen LogP contribution in [0, 0.1) is 0 Å². The summed E-state index contributed by atoms with van der Waals surface area (Å²) in [5.41, 5.74) is 1.73. The number of benzene rings is 1. The molecule has 5 heteroatoms. The molecule has 1 aromatic heterocycles. The van der Waals surface area contributed by atoms with Crippen LogP contribution in [0.15, 0.2) is 53.3 Å². The Morgan fingerprint density at radius 1 is 1.09 bits per heavy atom. The minimum atomic E-state index is -0.332. The van der Waals surface area contributed by atoms with Gasteiger partial charge in [0.2, 0.25) is 0 Å². The van der Waals surface area contributed by atoms with Crippen molar-refractivity contribution in [3.63, 3.8) is 0 Å². The zero-order valence-electron chi connectivity index (χ0n) is 12.7. The summed E-state index contributed by atoms with van der Waals surface area (Å²) in [5.74, 6) is -0.383. The SMILES string of the molecule is O=C(CCC(=O)c1ccc(Br)cc1)OCCCc1cccnc1. The molecule has 0 aliphatic heterocycles. The van der Waals surface area contributed by atoms with Gasteiger partial charge in [0.05, 0.1) is 13.0 Å². The Bertz CT molecular complexity index is 641. The van der Waals surface area contributed by atoms with Gasteiger partial charge in [0.25, 0.3) is 0 Å². The number of Topliss-reactive ketones (excluding diaryl/α,β-unsaturated/α-hetero) is 1. The predicted octanol–water partition coefficient (Wildman–Crippen LogP) is 3.98. The van der Waals surface area contributed by atoms with Gasteiger partial charge in [0.1, 0.15) is 0 Å². The highest BCUT2D eigenvalue weighted by atomic mass is 79.9. The molecule has 2 rings (SSSR count). The van der Waals surface area contributed by atoms with E-state index < -0.39 is 0 Å². The Kier molecular flexibility index (Phi) is 6.94. The summed E-state index contributed by atoms with van der Waals surface area (Å²) in [5, 5.41) is 0. The van der Waals surface area contributed by atoms with E-state index >= 15 is 0 Å². The molecule has 0 atom stereocenters. The van der Waals surface area contributed by atoms with Crippen molar-refractivity contribution in [1.29, 1.82) is 0 Å². The zero-order chi connectivity index (χ0) is 16.5. The molecule has 4 nitrogen and oxygen atoms in total. The molecule has 0 saturated carbocycles. The van der Waals surface area contributed by atoms with Crippen molar-refractivity contribution in [3.8, 4) is 0 Å². The quantitative estimate of drug-likeness (QED) is 0.397. The molecule has 23 heavy (non-hydrogen) atoms. The van der Waals surface area contributed by atoms with Crippen molar-refractivity contribution < 1.29 is 14.3 Å². The molecule has 1 aromatic carbocycles. The van der Waals surface area contributed by atoms with Crippen molar-refractivity contribution in [1.82, 2.24) is 4.98 Å². The summed E-state index contributed by atoms with van der Waals surface area (Å²) in [6.07, 6.45) is 5.38. The van der Waals surface area contributed by atoms with Crippen LogP contribution >= 0.6 is 15.9 Å². The highest BCUT2D eigenvalue weighted by Gasteiger charge is 2.10. The summed E-state index contributed by atoms with van der Waals surface area (Å²) in [4.78, 5) is 27.6. The van der Waals surface area contributed by atoms with Crippen LogP contribution in [-0.4, -0.2) is 23.3 Å². The van der Waals surface area contributed by atoms with Gasteiger partial charge >= 0.3 is 5.97 Å². The van der Waals surface area contributed by atoms with Crippen LogP contribution in [-0.2, 0) is 16.0 Å². The van der Waals surface area contributed by atoms with E-state index in [1.807, 2.05) is 24.3 Å². The highest BCUT2D eigenvalue weighted by Crippen LogP contribution is 2.13. The largest absolute Gasteiger partial charge is 0.466 e. The number of hydrogen-bond acceptors (Lipinski definition) is 4. The fraction of sp³-hybridized carbons (Fsp3) is 0.278. The van der Waals surface area contributed by atoms with Gasteiger partial charge in [0.15, 0.2) is 5.78 Å². The molecule has 0 spiro atoms. The Morgan fingerprint density at radius 2 is 1.87 bits per heavy atom. The highest BCUT2D eigenvalue weighted by molar-refractivity contribution is 9.10. The van der Waals surface area contributed by atoms with Gasteiger partial charge < -0.3 is 4.74 Å². The number of aryl methyl sites for hydroxylation is 1. The van der Waals surface area contributed by atoms with E-state index in [2.05, 4.69) is 20.9 Å². The number of halogens is 1. The van der Waals surface area contributed by atoms with Crippen molar-refractivity contribution in [3.05, 3.63) is 64.4 Å². The second kappa shape index (κ2) is 9.20. The van der Waals surface area contributed by atoms with Gasteiger partial charge in [0, 0.05) is 28.9 Å². The van der Waals surface area contributed by atoms with Gasteiger partial charge in [-0.3, -0.25) is 14.6 Å². The Labute approximate surface area is 144 Å². The minimum absolute atomic E-state index is 0.0511. The normalized spacial score (nSPS) is 10.3. The van der Waals surface area contributed by atoms with Crippen molar-refractivity contribution in [2.45, 2.75) is 25.7 Å². The molecule has 0 unspecified atom stereocenters. The second-order valence-electron chi connectivity index (χ2n) is 5.12. The van der Waals surface area contributed by atoms with Crippen LogP contribution < -0.4 is 0 Å². The van der Waals surface area contributed by atoms with Crippen LogP contribution in [0.3, 0.4) is 0 Å². The molecule has 0 saturated heterocycles. The van der Waals surface area contributed by atoms with E-state index in [4.69, 9.17) is 4.74 Å². The topological polar surface area (TPSA) is 56.3 Å². The number of esters is 1. The molecular weight excluding hydrogens is 358 g/mol. The number of rotatable bonds is 8. The van der Waals surface area contributed by atoms with Crippen molar-refractivity contribution >= 4 is 27.7 Å². The number of ether oxygens (including phenoxy) is 1. The monoisotopic (exact) mass is 375 g/mol. The number of aromatic nitrogens is 1. The van der Waals surface area contributed by atoms with E-state index in [1.165, 1.54) is 0 Å². The van der Waals surface area contributed by atoms with Crippen LogP contribution in [0.25, 0.3) is 0 Å². The van der Waals surface area contributed by atoms with Crippen LogP contribution in [0.5, 0.6) is 0 Å². The average molecular weight is 376 g/mol. The molecule has 120 valence electrons. The molecular formula is C18H18BrNO3. The molecule has 0 bridgehead atoms. The van der Waals surface area contributed by atoms with Crippen LogP contribution in [0.1, 0.15) is 35.2 Å². The van der Waals surface area contributed by atoms with Gasteiger partial charge in [-0.15, -0.1) is 0 Å². The number of carbonyl (C=O) groups excluding carboxylic acids is 2. The molecule has 0 aliphatic rings. The predicted molar refractivity (Wildman–Crippen MR) is 91.2 cm³/mol. The van der Waals surface area contributed by atoms with E-state index in [-0.39, 0.29) is 24.6 Å². The fourth-order valence-corrected chi connectivity index (χ4v) is 2.34. The first-order valence-corrected chi connectivity index (χ1v) is 8.28. The van der Waals surface area contributed by atoms with Gasteiger partial charge in [-0.1, -0.05) is 34.1 Å². The molecule has 0 aliphatic carbocycles. The second-order valence-corrected chi connectivity index (χ2v) is 6.03. The number of pyridine rings is 1. The lowest BCUT2D eigenvalue weighted by Gasteiger charge is -2.05. The number of nitrogens with zero attached hydrogens (tertiary/aromatic N) is 1. The molecule has 1 heterocycles. The zero-order valence-corrected chi connectivity index (χ0v) is 14.3.